The Bertz CT molecular complexity index is 769. The molecule has 0 unspecified atom stereocenters. The predicted molar refractivity (Wildman–Crippen MR) is 105 cm³/mol. The van der Waals surface area contributed by atoms with Crippen molar-refractivity contribution in [3.8, 4) is 0 Å². The highest BCUT2D eigenvalue weighted by molar-refractivity contribution is 5.84. The molecule has 0 bridgehead atoms. The van der Waals surface area contributed by atoms with Crippen molar-refractivity contribution in [3.05, 3.63) is 35.5 Å². The molecule has 1 aromatic carbocycles. The third-order valence-electron chi connectivity index (χ3n) is 6.14. The van der Waals surface area contributed by atoms with Crippen molar-refractivity contribution in [2.45, 2.75) is 46.0 Å². The third kappa shape index (κ3) is 3.14. The largest absolute Gasteiger partial charge is 0.358 e. The van der Waals surface area contributed by atoms with E-state index in [0.717, 1.165) is 32.0 Å². The molecule has 1 aromatic heterocycles. The number of hydrogen-bond donors (Lipinski definition) is 2. The lowest BCUT2D eigenvalue weighted by Gasteiger charge is -2.38. The maximum absolute atomic E-state index is 4.96. The summed E-state index contributed by atoms with van der Waals surface area (Å²) < 4.78 is 0. The van der Waals surface area contributed by atoms with Gasteiger partial charge in [0.15, 0.2) is 5.96 Å². The summed E-state index contributed by atoms with van der Waals surface area (Å²) in [5, 5.41) is 4.85. The van der Waals surface area contributed by atoms with Crippen LogP contribution in [0, 0.1) is 12.3 Å². The Morgan fingerprint density at radius 1 is 1.28 bits per heavy atom. The molecular weight excluding hydrogens is 308 g/mol. The minimum absolute atomic E-state index is 0.615. The smallest absolute Gasteiger partial charge is 0.193 e. The Morgan fingerprint density at radius 3 is 2.84 bits per heavy atom. The zero-order valence-electron chi connectivity index (χ0n) is 15.6. The average molecular weight is 338 g/mol. The highest BCUT2D eigenvalue weighted by Crippen LogP contribution is 2.47. The second-order valence-electron chi connectivity index (χ2n) is 7.78. The van der Waals surface area contributed by atoms with E-state index in [0.29, 0.717) is 5.41 Å². The summed E-state index contributed by atoms with van der Waals surface area (Å²) in [6, 6.07) is 8.58. The van der Waals surface area contributed by atoms with Crippen LogP contribution in [-0.4, -0.2) is 42.0 Å². The van der Waals surface area contributed by atoms with Crippen molar-refractivity contribution < 1.29 is 0 Å². The molecule has 2 heterocycles. The predicted octanol–water partition coefficient (Wildman–Crippen LogP) is 3.86. The van der Waals surface area contributed by atoms with Gasteiger partial charge in [0.1, 0.15) is 0 Å². The molecule has 25 heavy (non-hydrogen) atoms. The Kier molecular flexibility index (Phi) is 4.45. The fraction of sp³-hybridized carbons (Fsp3) is 0.571. The topological polar surface area (TPSA) is 43.4 Å². The molecule has 1 saturated heterocycles. The first kappa shape index (κ1) is 16.5. The van der Waals surface area contributed by atoms with Gasteiger partial charge in [-0.1, -0.05) is 24.6 Å². The molecule has 4 rings (SSSR count). The number of rotatable bonds is 4. The van der Waals surface area contributed by atoms with Gasteiger partial charge in [-0.15, -0.1) is 0 Å². The van der Waals surface area contributed by atoms with Gasteiger partial charge in [-0.2, -0.15) is 0 Å². The van der Waals surface area contributed by atoms with E-state index in [4.69, 9.17) is 4.99 Å². The van der Waals surface area contributed by atoms with Crippen LogP contribution in [0.3, 0.4) is 0 Å². The van der Waals surface area contributed by atoms with Crippen molar-refractivity contribution in [2.75, 3.05) is 26.2 Å². The van der Waals surface area contributed by atoms with Crippen LogP contribution in [0.15, 0.2) is 29.3 Å². The SMILES string of the molecule is CCNC(=NCCc1c(C)[nH]c2ccccc12)N1CCC2(CCC2)C1. The fourth-order valence-corrected chi connectivity index (χ4v) is 4.56. The molecule has 2 N–H and O–H groups in total. The van der Waals surface area contributed by atoms with Gasteiger partial charge in [0, 0.05) is 42.8 Å². The van der Waals surface area contributed by atoms with Crippen molar-refractivity contribution in [1.29, 1.82) is 0 Å². The third-order valence-corrected chi connectivity index (χ3v) is 6.14. The van der Waals surface area contributed by atoms with Crippen molar-refractivity contribution >= 4 is 16.9 Å². The molecule has 2 aromatic rings. The monoisotopic (exact) mass is 338 g/mol. The van der Waals surface area contributed by atoms with Gasteiger partial charge in [-0.05, 0) is 56.6 Å². The maximum atomic E-state index is 4.96. The number of fused-ring (bicyclic) bond motifs is 1. The van der Waals surface area contributed by atoms with Gasteiger partial charge in [0.25, 0.3) is 0 Å². The molecule has 1 spiro atoms. The summed E-state index contributed by atoms with van der Waals surface area (Å²) in [6.45, 7) is 8.48. The first-order valence-electron chi connectivity index (χ1n) is 9.80. The van der Waals surface area contributed by atoms with Crippen LogP contribution < -0.4 is 5.32 Å². The highest BCUT2D eigenvalue weighted by Gasteiger charge is 2.43. The van der Waals surface area contributed by atoms with Crippen LogP contribution >= 0.6 is 0 Å². The minimum Gasteiger partial charge on any atom is -0.358 e. The summed E-state index contributed by atoms with van der Waals surface area (Å²) >= 11 is 0. The number of benzene rings is 1. The lowest BCUT2D eigenvalue weighted by molar-refractivity contribution is 0.151. The molecule has 1 aliphatic carbocycles. The zero-order chi connectivity index (χ0) is 17.3. The number of likely N-dealkylation sites (tertiary alicyclic amines) is 1. The Morgan fingerprint density at radius 2 is 2.12 bits per heavy atom. The quantitative estimate of drug-likeness (QED) is 0.657. The van der Waals surface area contributed by atoms with E-state index < -0.39 is 0 Å². The first-order chi connectivity index (χ1) is 12.2. The second-order valence-corrected chi connectivity index (χ2v) is 7.78. The number of aromatic amines is 1. The van der Waals surface area contributed by atoms with Crippen LogP contribution in [-0.2, 0) is 6.42 Å². The van der Waals surface area contributed by atoms with Crippen molar-refractivity contribution in [1.82, 2.24) is 15.2 Å². The number of para-hydroxylation sites is 1. The van der Waals surface area contributed by atoms with E-state index in [-0.39, 0.29) is 0 Å². The van der Waals surface area contributed by atoms with Gasteiger partial charge in [-0.3, -0.25) is 4.99 Å². The molecule has 1 saturated carbocycles. The molecular formula is C21H30N4. The van der Waals surface area contributed by atoms with Gasteiger partial charge < -0.3 is 15.2 Å². The Labute approximate surface area is 150 Å². The fourth-order valence-electron chi connectivity index (χ4n) is 4.56. The zero-order valence-corrected chi connectivity index (χ0v) is 15.6. The lowest BCUT2D eigenvalue weighted by Crippen LogP contribution is -2.42. The summed E-state index contributed by atoms with van der Waals surface area (Å²) in [5.41, 5.74) is 4.53. The standard InChI is InChI=1S/C21H30N4/c1-3-22-20(25-14-12-21(15-25)10-6-11-21)23-13-9-17-16(2)24-19-8-5-4-7-18(17)19/h4-5,7-8,24H,3,6,9-15H2,1-2H3,(H,22,23). The van der Waals surface area contributed by atoms with Crippen molar-refractivity contribution in [3.63, 3.8) is 0 Å². The molecule has 134 valence electrons. The number of aryl methyl sites for hydroxylation is 1. The number of H-pyrrole nitrogens is 1. The number of aliphatic imine (C=N–C) groups is 1. The van der Waals surface area contributed by atoms with Crippen LogP contribution in [0.4, 0.5) is 0 Å². The second kappa shape index (κ2) is 6.74. The van der Waals surface area contributed by atoms with E-state index >= 15 is 0 Å². The number of nitrogens with zero attached hydrogens (tertiary/aromatic N) is 2. The van der Waals surface area contributed by atoms with Crippen LogP contribution in [0.25, 0.3) is 10.9 Å². The molecule has 2 fully saturated rings. The summed E-state index contributed by atoms with van der Waals surface area (Å²) in [7, 11) is 0. The van der Waals surface area contributed by atoms with E-state index in [1.54, 1.807) is 0 Å². The molecule has 1 aliphatic heterocycles. The Balaban J connectivity index is 1.45. The summed E-state index contributed by atoms with van der Waals surface area (Å²) in [4.78, 5) is 10.9. The van der Waals surface area contributed by atoms with E-state index in [1.807, 2.05) is 0 Å². The van der Waals surface area contributed by atoms with Crippen LogP contribution in [0.5, 0.6) is 0 Å². The molecule has 0 amide bonds. The van der Waals surface area contributed by atoms with Gasteiger partial charge >= 0.3 is 0 Å². The first-order valence-corrected chi connectivity index (χ1v) is 9.80. The lowest BCUT2D eigenvalue weighted by atomic mass is 9.68. The number of aromatic nitrogens is 1. The van der Waals surface area contributed by atoms with E-state index in [9.17, 15) is 0 Å². The van der Waals surface area contributed by atoms with Crippen LogP contribution in [0.2, 0.25) is 0 Å². The van der Waals surface area contributed by atoms with E-state index in [2.05, 4.69) is 53.3 Å². The van der Waals surface area contributed by atoms with Gasteiger partial charge in [0.2, 0.25) is 0 Å². The normalized spacial score (nSPS) is 19.6. The summed E-state index contributed by atoms with van der Waals surface area (Å²) in [5.74, 6) is 1.11. The Hall–Kier alpha value is -1.97. The minimum atomic E-state index is 0.615. The van der Waals surface area contributed by atoms with Crippen LogP contribution in [0.1, 0.15) is 43.9 Å². The summed E-state index contributed by atoms with van der Waals surface area (Å²) in [6.07, 6.45) is 6.58. The number of hydrogen-bond acceptors (Lipinski definition) is 1. The van der Waals surface area contributed by atoms with Crippen molar-refractivity contribution in [2.24, 2.45) is 10.4 Å². The average Bonchev–Trinajstić information content (AvgIpc) is 3.16. The van der Waals surface area contributed by atoms with Gasteiger partial charge in [-0.25, -0.2) is 0 Å². The molecule has 0 atom stereocenters. The van der Waals surface area contributed by atoms with E-state index in [1.165, 1.54) is 54.4 Å². The molecule has 4 nitrogen and oxygen atoms in total. The molecule has 0 radical (unpaired) electrons. The molecule has 4 heteroatoms. The molecule has 2 aliphatic rings. The number of guanidine groups is 1. The highest BCUT2D eigenvalue weighted by atomic mass is 15.3. The maximum Gasteiger partial charge on any atom is 0.193 e. The van der Waals surface area contributed by atoms with Gasteiger partial charge in [0.05, 0.1) is 0 Å². The number of nitrogens with one attached hydrogen (secondary N) is 2.